The van der Waals surface area contributed by atoms with Crippen LogP contribution in [-0.2, 0) is 11.3 Å². The van der Waals surface area contributed by atoms with Crippen molar-refractivity contribution in [3.05, 3.63) is 28.8 Å². The van der Waals surface area contributed by atoms with Crippen LogP contribution in [0.25, 0.3) is 0 Å². The van der Waals surface area contributed by atoms with Crippen LogP contribution in [0.4, 0.5) is 0 Å². The number of ether oxygens (including phenoxy) is 1. The Balaban J connectivity index is 2.09. The van der Waals surface area contributed by atoms with Gasteiger partial charge in [0.2, 0.25) is 5.91 Å². The summed E-state index contributed by atoms with van der Waals surface area (Å²) < 4.78 is 5.38. The van der Waals surface area contributed by atoms with Gasteiger partial charge in [-0.25, -0.2) is 0 Å². The van der Waals surface area contributed by atoms with E-state index in [-0.39, 0.29) is 17.9 Å². The van der Waals surface area contributed by atoms with Crippen LogP contribution in [0.15, 0.2) is 12.1 Å². The summed E-state index contributed by atoms with van der Waals surface area (Å²) in [4.78, 5) is 14.3. The number of nitrogens with zero attached hydrogens (tertiary/aromatic N) is 1. The zero-order valence-corrected chi connectivity index (χ0v) is 13.5. The van der Waals surface area contributed by atoms with Gasteiger partial charge in [0.15, 0.2) is 0 Å². The Morgan fingerprint density at radius 3 is 2.43 bits per heavy atom. The lowest BCUT2D eigenvalue weighted by Gasteiger charge is -2.24. The second kappa shape index (κ2) is 6.48. The van der Waals surface area contributed by atoms with Crippen LogP contribution >= 0.6 is 0 Å². The number of aryl methyl sites for hydroxylation is 2. The van der Waals surface area contributed by atoms with Gasteiger partial charge < -0.3 is 15.4 Å². The Bertz CT molecular complexity index is 505. The number of rotatable bonds is 4. The lowest BCUT2D eigenvalue weighted by Crippen LogP contribution is -2.39. The Hall–Kier alpha value is -1.55. The molecule has 0 bridgehead atoms. The molecule has 1 aromatic rings. The average Bonchev–Trinajstić information content (AvgIpc) is 2.83. The third-order valence-corrected chi connectivity index (χ3v) is 4.41. The SMILES string of the molecule is COc1c(C)cc(CN(C)C(=O)[C@@H]2CCC[C@H]2N)cc1C. The molecule has 2 rings (SSSR count). The van der Waals surface area contributed by atoms with Crippen LogP contribution in [0.5, 0.6) is 5.75 Å². The molecule has 1 saturated carbocycles. The van der Waals surface area contributed by atoms with E-state index in [9.17, 15) is 4.79 Å². The monoisotopic (exact) mass is 290 g/mol. The highest BCUT2D eigenvalue weighted by Gasteiger charge is 2.32. The second-order valence-corrected chi connectivity index (χ2v) is 6.16. The van der Waals surface area contributed by atoms with Gasteiger partial charge in [0.25, 0.3) is 0 Å². The molecule has 1 aliphatic rings. The lowest BCUT2D eigenvalue weighted by molar-refractivity contribution is -0.134. The van der Waals surface area contributed by atoms with Gasteiger partial charge in [-0.2, -0.15) is 0 Å². The van der Waals surface area contributed by atoms with Crippen molar-refractivity contribution < 1.29 is 9.53 Å². The van der Waals surface area contributed by atoms with Gasteiger partial charge >= 0.3 is 0 Å². The third kappa shape index (κ3) is 3.38. The largest absolute Gasteiger partial charge is 0.496 e. The van der Waals surface area contributed by atoms with Crippen LogP contribution in [0, 0.1) is 19.8 Å². The molecule has 1 fully saturated rings. The molecule has 1 aromatic carbocycles. The van der Waals surface area contributed by atoms with Crippen molar-refractivity contribution in [2.45, 2.75) is 45.7 Å². The van der Waals surface area contributed by atoms with Crippen LogP contribution in [0.2, 0.25) is 0 Å². The number of benzene rings is 1. The van der Waals surface area contributed by atoms with Crippen molar-refractivity contribution in [2.24, 2.45) is 11.7 Å². The number of hydrogen-bond acceptors (Lipinski definition) is 3. The van der Waals surface area contributed by atoms with E-state index in [4.69, 9.17) is 10.5 Å². The Morgan fingerprint density at radius 2 is 1.95 bits per heavy atom. The van der Waals surface area contributed by atoms with Crippen molar-refractivity contribution >= 4 is 5.91 Å². The summed E-state index contributed by atoms with van der Waals surface area (Å²) in [5.41, 5.74) is 9.37. The molecule has 1 aliphatic carbocycles. The van der Waals surface area contributed by atoms with Gasteiger partial charge in [0, 0.05) is 19.6 Å². The minimum absolute atomic E-state index is 0.00422. The molecule has 0 aliphatic heterocycles. The highest BCUT2D eigenvalue weighted by atomic mass is 16.5. The summed E-state index contributed by atoms with van der Waals surface area (Å²) in [6, 6.07) is 4.20. The molecule has 1 amide bonds. The van der Waals surface area contributed by atoms with E-state index in [0.717, 1.165) is 41.7 Å². The van der Waals surface area contributed by atoms with Gasteiger partial charge in [-0.05, 0) is 43.4 Å². The maximum Gasteiger partial charge on any atom is 0.227 e. The number of methoxy groups -OCH3 is 1. The predicted octanol–water partition coefficient (Wildman–Crippen LogP) is 2.40. The molecule has 116 valence electrons. The van der Waals surface area contributed by atoms with E-state index >= 15 is 0 Å². The van der Waals surface area contributed by atoms with E-state index in [1.54, 1.807) is 12.0 Å². The van der Waals surface area contributed by atoms with Crippen molar-refractivity contribution in [2.75, 3.05) is 14.2 Å². The Labute approximate surface area is 127 Å². The van der Waals surface area contributed by atoms with E-state index in [0.29, 0.717) is 6.54 Å². The molecule has 21 heavy (non-hydrogen) atoms. The first-order chi connectivity index (χ1) is 9.93. The summed E-state index contributed by atoms with van der Waals surface area (Å²) in [6.07, 6.45) is 2.95. The zero-order valence-electron chi connectivity index (χ0n) is 13.5. The zero-order chi connectivity index (χ0) is 15.6. The van der Waals surface area contributed by atoms with Crippen molar-refractivity contribution in [1.82, 2.24) is 4.90 Å². The van der Waals surface area contributed by atoms with Crippen molar-refractivity contribution in [3.63, 3.8) is 0 Å². The molecule has 2 atom stereocenters. The van der Waals surface area contributed by atoms with E-state index in [1.807, 2.05) is 20.9 Å². The van der Waals surface area contributed by atoms with Crippen molar-refractivity contribution in [1.29, 1.82) is 0 Å². The summed E-state index contributed by atoms with van der Waals surface area (Å²) >= 11 is 0. The van der Waals surface area contributed by atoms with Crippen LogP contribution in [0.3, 0.4) is 0 Å². The minimum atomic E-state index is -0.00422. The third-order valence-electron chi connectivity index (χ3n) is 4.41. The molecule has 0 heterocycles. The fourth-order valence-corrected chi connectivity index (χ4v) is 3.38. The molecular formula is C17H26N2O2. The molecule has 0 saturated heterocycles. The minimum Gasteiger partial charge on any atom is -0.496 e. The highest BCUT2D eigenvalue weighted by molar-refractivity contribution is 5.79. The topological polar surface area (TPSA) is 55.6 Å². The number of amides is 1. The quantitative estimate of drug-likeness (QED) is 0.926. The Morgan fingerprint density at radius 1 is 1.33 bits per heavy atom. The van der Waals surface area contributed by atoms with Gasteiger partial charge in [0.05, 0.1) is 13.0 Å². The first-order valence-corrected chi connectivity index (χ1v) is 7.58. The van der Waals surface area contributed by atoms with E-state index in [1.165, 1.54) is 0 Å². The van der Waals surface area contributed by atoms with Gasteiger partial charge in [-0.1, -0.05) is 18.6 Å². The van der Waals surface area contributed by atoms with Crippen molar-refractivity contribution in [3.8, 4) is 5.75 Å². The number of nitrogens with two attached hydrogens (primary N) is 1. The molecule has 0 radical (unpaired) electrons. The summed E-state index contributed by atoms with van der Waals surface area (Å²) in [5.74, 6) is 1.09. The summed E-state index contributed by atoms with van der Waals surface area (Å²) in [5, 5.41) is 0. The van der Waals surface area contributed by atoms with E-state index in [2.05, 4.69) is 12.1 Å². The maximum atomic E-state index is 12.5. The maximum absolute atomic E-state index is 12.5. The summed E-state index contributed by atoms with van der Waals surface area (Å²) in [7, 11) is 3.55. The number of hydrogen-bond donors (Lipinski definition) is 1. The number of carbonyl (C=O) groups is 1. The molecule has 0 spiro atoms. The van der Waals surface area contributed by atoms with Gasteiger partial charge in [-0.15, -0.1) is 0 Å². The first kappa shape index (κ1) is 15.8. The van der Waals surface area contributed by atoms with Crippen LogP contribution in [0.1, 0.15) is 36.0 Å². The van der Waals surface area contributed by atoms with Gasteiger partial charge in [-0.3, -0.25) is 4.79 Å². The fourth-order valence-electron chi connectivity index (χ4n) is 3.38. The summed E-state index contributed by atoms with van der Waals surface area (Å²) in [6.45, 7) is 4.68. The average molecular weight is 290 g/mol. The second-order valence-electron chi connectivity index (χ2n) is 6.16. The predicted molar refractivity (Wildman–Crippen MR) is 84.3 cm³/mol. The lowest BCUT2D eigenvalue weighted by atomic mass is 10.0. The first-order valence-electron chi connectivity index (χ1n) is 7.58. The standard InChI is InChI=1S/C17H26N2O2/c1-11-8-13(9-12(2)16(11)21-4)10-19(3)17(20)14-6-5-7-15(14)18/h8-9,14-15H,5-7,10,18H2,1-4H3/t14-,15-/m1/s1. The highest BCUT2D eigenvalue weighted by Crippen LogP contribution is 2.27. The Kier molecular flexibility index (Phi) is 4.88. The smallest absolute Gasteiger partial charge is 0.227 e. The molecular weight excluding hydrogens is 264 g/mol. The van der Waals surface area contributed by atoms with Crippen LogP contribution < -0.4 is 10.5 Å². The fraction of sp³-hybridized carbons (Fsp3) is 0.588. The molecule has 4 nitrogen and oxygen atoms in total. The van der Waals surface area contributed by atoms with Crippen LogP contribution in [-0.4, -0.2) is 31.0 Å². The number of carbonyl (C=O) groups excluding carboxylic acids is 1. The normalized spacial score (nSPS) is 21.4. The molecule has 4 heteroatoms. The molecule has 0 unspecified atom stereocenters. The molecule has 2 N–H and O–H groups in total. The van der Waals surface area contributed by atoms with Gasteiger partial charge in [0.1, 0.15) is 5.75 Å². The van der Waals surface area contributed by atoms with E-state index < -0.39 is 0 Å². The molecule has 0 aromatic heterocycles.